The van der Waals surface area contributed by atoms with E-state index in [4.69, 9.17) is 5.10 Å². The lowest BCUT2D eigenvalue weighted by molar-refractivity contribution is -0.125. The van der Waals surface area contributed by atoms with E-state index in [-0.39, 0.29) is 11.9 Å². The molecule has 0 radical (unpaired) electrons. The number of hydrogen-bond acceptors (Lipinski definition) is 6. The number of benzene rings is 2. The molecule has 1 fully saturated rings. The van der Waals surface area contributed by atoms with E-state index in [9.17, 15) is 4.79 Å². The van der Waals surface area contributed by atoms with Crippen LogP contribution in [0.4, 0.5) is 17.3 Å². The van der Waals surface area contributed by atoms with Crippen molar-refractivity contribution in [2.45, 2.75) is 19.4 Å². The molecule has 8 heteroatoms. The molecule has 1 aromatic heterocycles. The Balaban J connectivity index is 1.47. The maximum atomic E-state index is 14.2. The summed E-state index contributed by atoms with van der Waals surface area (Å²) in [6, 6.07) is 17.8. The van der Waals surface area contributed by atoms with E-state index >= 15 is 0 Å². The van der Waals surface area contributed by atoms with Crippen LogP contribution in [0.2, 0.25) is 0 Å². The van der Waals surface area contributed by atoms with E-state index in [0.717, 1.165) is 29.0 Å². The van der Waals surface area contributed by atoms with E-state index in [0.29, 0.717) is 18.9 Å². The fourth-order valence-electron chi connectivity index (χ4n) is 5.48. The number of aromatic nitrogens is 2. The van der Waals surface area contributed by atoms with Crippen LogP contribution in [-0.4, -0.2) is 47.3 Å². The standard InChI is InChI=1S/C25H23BrN6O/c1-17-25(23(33)32(29-17)20-6-3-2-4-7-20)15-18-14-19(26)8-9-21(18)31-13-12-30(16-22(25)31)24-27-10-5-11-28-24/h2-11,14,22H,12-13,15-16H2,1H3/t22-,25-/m0/s1. The lowest BCUT2D eigenvalue weighted by Gasteiger charge is -2.53. The zero-order valence-electron chi connectivity index (χ0n) is 18.2. The number of piperazine rings is 1. The predicted molar refractivity (Wildman–Crippen MR) is 133 cm³/mol. The molecule has 0 bridgehead atoms. The van der Waals surface area contributed by atoms with Gasteiger partial charge in [-0.1, -0.05) is 34.1 Å². The van der Waals surface area contributed by atoms with Crippen molar-refractivity contribution in [2.24, 2.45) is 10.5 Å². The van der Waals surface area contributed by atoms with Crippen molar-refractivity contribution in [3.8, 4) is 0 Å². The van der Waals surface area contributed by atoms with Crippen LogP contribution in [0.15, 0.2) is 76.6 Å². The van der Waals surface area contributed by atoms with Gasteiger partial charge in [0, 0.05) is 42.2 Å². The molecule has 3 aliphatic heterocycles. The second-order valence-corrected chi connectivity index (χ2v) is 9.68. The largest absolute Gasteiger partial charge is 0.363 e. The number of amides is 1. The molecule has 2 atom stereocenters. The summed E-state index contributed by atoms with van der Waals surface area (Å²) in [5.74, 6) is 0.733. The number of halogens is 1. The lowest BCUT2D eigenvalue weighted by Crippen LogP contribution is -2.67. The van der Waals surface area contributed by atoms with Gasteiger partial charge in [0.15, 0.2) is 0 Å². The number of fused-ring (bicyclic) bond motifs is 4. The number of carbonyl (C=O) groups is 1. The van der Waals surface area contributed by atoms with Crippen molar-refractivity contribution in [1.29, 1.82) is 0 Å². The maximum Gasteiger partial charge on any atom is 0.261 e. The van der Waals surface area contributed by atoms with Crippen molar-refractivity contribution in [3.63, 3.8) is 0 Å². The molecule has 0 unspecified atom stereocenters. The second-order valence-electron chi connectivity index (χ2n) is 8.76. The molecule has 3 aliphatic rings. The Bertz CT molecular complexity index is 1250. The van der Waals surface area contributed by atoms with E-state index in [1.54, 1.807) is 17.4 Å². The molecule has 1 spiro atoms. The SMILES string of the molecule is CC1=NN(c2ccccc2)C(=O)[C@@]12Cc1cc(Br)ccc1N1CCN(c3ncccn3)C[C@H]12. The van der Waals surface area contributed by atoms with Gasteiger partial charge in [0.05, 0.1) is 17.4 Å². The summed E-state index contributed by atoms with van der Waals surface area (Å²) in [6.45, 7) is 4.23. The third-order valence-corrected chi connectivity index (χ3v) is 7.57. The first-order chi connectivity index (χ1) is 16.1. The van der Waals surface area contributed by atoms with Crippen molar-refractivity contribution < 1.29 is 4.79 Å². The molecule has 0 aliphatic carbocycles. The van der Waals surface area contributed by atoms with Crippen molar-refractivity contribution in [1.82, 2.24) is 9.97 Å². The molecule has 2 aromatic carbocycles. The Labute approximate surface area is 200 Å². The summed E-state index contributed by atoms with van der Waals surface area (Å²) in [6.07, 6.45) is 4.15. The normalized spacial score (nSPS) is 24.1. The highest BCUT2D eigenvalue weighted by molar-refractivity contribution is 9.10. The number of hydrogen-bond donors (Lipinski definition) is 0. The van der Waals surface area contributed by atoms with Crippen molar-refractivity contribution in [2.75, 3.05) is 34.4 Å². The van der Waals surface area contributed by atoms with Gasteiger partial charge in [0.2, 0.25) is 5.95 Å². The van der Waals surface area contributed by atoms with E-state index in [1.807, 2.05) is 43.3 Å². The summed E-state index contributed by atoms with van der Waals surface area (Å²) in [5, 5.41) is 6.40. The number of hydrazone groups is 1. The summed E-state index contributed by atoms with van der Waals surface area (Å²) in [4.78, 5) is 27.8. The highest BCUT2D eigenvalue weighted by atomic mass is 79.9. The Kier molecular flexibility index (Phi) is 4.72. The summed E-state index contributed by atoms with van der Waals surface area (Å²) in [5.41, 5.74) is 3.26. The Morgan fingerprint density at radius 1 is 1.03 bits per heavy atom. The third kappa shape index (κ3) is 3.08. The van der Waals surface area contributed by atoms with E-state index in [1.165, 1.54) is 11.3 Å². The zero-order valence-corrected chi connectivity index (χ0v) is 19.8. The Hall–Kier alpha value is -3.26. The van der Waals surface area contributed by atoms with Crippen LogP contribution in [0.25, 0.3) is 0 Å². The smallest absolute Gasteiger partial charge is 0.261 e. The number of anilines is 3. The minimum atomic E-state index is -0.753. The molecule has 0 saturated carbocycles. The third-order valence-electron chi connectivity index (χ3n) is 7.07. The topological polar surface area (TPSA) is 64.9 Å². The van der Waals surface area contributed by atoms with Gasteiger partial charge >= 0.3 is 0 Å². The van der Waals surface area contributed by atoms with Crippen LogP contribution < -0.4 is 14.8 Å². The zero-order chi connectivity index (χ0) is 22.6. The van der Waals surface area contributed by atoms with E-state index < -0.39 is 5.41 Å². The minimum Gasteiger partial charge on any atom is -0.363 e. The number of carbonyl (C=O) groups excluding carboxylic acids is 1. The second kappa shape index (κ2) is 7.66. The molecule has 7 nitrogen and oxygen atoms in total. The summed E-state index contributed by atoms with van der Waals surface area (Å²) < 4.78 is 1.02. The average molecular weight is 503 g/mol. The molecule has 1 amide bonds. The molecule has 0 N–H and O–H groups in total. The Morgan fingerprint density at radius 2 is 1.82 bits per heavy atom. The van der Waals surface area contributed by atoms with Gasteiger partial charge in [0.1, 0.15) is 5.41 Å². The van der Waals surface area contributed by atoms with Gasteiger partial charge in [-0.05, 0) is 55.3 Å². The van der Waals surface area contributed by atoms with Crippen LogP contribution in [0.3, 0.4) is 0 Å². The Morgan fingerprint density at radius 3 is 2.61 bits per heavy atom. The fourth-order valence-corrected chi connectivity index (χ4v) is 5.89. The van der Waals surface area contributed by atoms with E-state index in [2.05, 4.69) is 53.9 Å². The molecular weight excluding hydrogens is 480 g/mol. The van der Waals surface area contributed by atoms with Gasteiger partial charge in [-0.25, -0.2) is 9.97 Å². The van der Waals surface area contributed by atoms with Gasteiger partial charge in [-0.3, -0.25) is 4.79 Å². The van der Waals surface area contributed by atoms with Crippen LogP contribution in [0.5, 0.6) is 0 Å². The molecule has 33 heavy (non-hydrogen) atoms. The number of para-hydroxylation sites is 1. The monoisotopic (exact) mass is 502 g/mol. The van der Waals surface area contributed by atoms with Crippen LogP contribution in [0, 0.1) is 5.41 Å². The highest BCUT2D eigenvalue weighted by Gasteiger charge is 2.60. The molecule has 4 heterocycles. The molecular formula is C25H23BrN6O. The number of nitrogens with zero attached hydrogens (tertiary/aromatic N) is 6. The molecule has 6 rings (SSSR count). The van der Waals surface area contributed by atoms with Gasteiger partial charge in [-0.2, -0.15) is 10.1 Å². The van der Waals surface area contributed by atoms with Gasteiger partial charge in [-0.15, -0.1) is 0 Å². The maximum absolute atomic E-state index is 14.2. The minimum absolute atomic E-state index is 0.0302. The summed E-state index contributed by atoms with van der Waals surface area (Å²) in [7, 11) is 0. The fraction of sp³-hybridized carbons (Fsp3) is 0.280. The lowest BCUT2D eigenvalue weighted by atomic mass is 9.67. The first-order valence-corrected chi connectivity index (χ1v) is 11.9. The first-order valence-electron chi connectivity index (χ1n) is 11.1. The first kappa shape index (κ1) is 20.4. The van der Waals surface area contributed by atoms with Crippen LogP contribution >= 0.6 is 15.9 Å². The molecule has 3 aromatic rings. The summed E-state index contributed by atoms with van der Waals surface area (Å²) >= 11 is 3.63. The predicted octanol–water partition coefficient (Wildman–Crippen LogP) is 3.90. The van der Waals surface area contributed by atoms with Crippen LogP contribution in [0.1, 0.15) is 12.5 Å². The van der Waals surface area contributed by atoms with Gasteiger partial charge < -0.3 is 9.80 Å². The average Bonchev–Trinajstić information content (AvgIpc) is 3.10. The van der Waals surface area contributed by atoms with Crippen LogP contribution in [-0.2, 0) is 11.2 Å². The number of rotatable bonds is 2. The highest BCUT2D eigenvalue weighted by Crippen LogP contribution is 2.48. The van der Waals surface area contributed by atoms with Gasteiger partial charge in [0.25, 0.3) is 5.91 Å². The van der Waals surface area contributed by atoms with Crippen molar-refractivity contribution >= 4 is 44.9 Å². The molecule has 1 saturated heterocycles. The van der Waals surface area contributed by atoms with Crippen molar-refractivity contribution in [3.05, 3.63) is 77.0 Å². The quantitative estimate of drug-likeness (QED) is 0.531. The molecule has 166 valence electrons.